The molecule has 75 heavy (non-hydrogen) atoms. The second kappa shape index (κ2) is 62.9. The van der Waals surface area contributed by atoms with Crippen LogP contribution in [-0.2, 0) is 28.6 Å². The molecule has 0 aliphatic rings. The molecule has 0 N–H and O–H groups in total. The fourth-order valence-electron chi connectivity index (χ4n) is 8.73. The van der Waals surface area contributed by atoms with E-state index in [-0.39, 0.29) is 31.1 Å². The van der Waals surface area contributed by atoms with Crippen LogP contribution in [0.1, 0.15) is 303 Å². The molecule has 0 radical (unpaired) electrons. The first-order valence-electron chi connectivity index (χ1n) is 31.7. The molecule has 0 fully saturated rings. The van der Waals surface area contributed by atoms with Crippen molar-refractivity contribution in [3.63, 3.8) is 0 Å². The molecule has 0 bridgehead atoms. The van der Waals surface area contributed by atoms with Crippen LogP contribution in [0.25, 0.3) is 0 Å². The summed E-state index contributed by atoms with van der Waals surface area (Å²) in [6.07, 6.45) is 84.0. The fraction of sp³-hybridized carbons (Fsp3) is 0.725. The van der Waals surface area contributed by atoms with Crippen LogP contribution in [0.15, 0.2) is 97.2 Å². The highest BCUT2D eigenvalue weighted by Gasteiger charge is 2.19. The lowest BCUT2D eigenvalue weighted by atomic mass is 10.1. The number of allylic oxidation sites excluding steroid dienone is 16. The van der Waals surface area contributed by atoms with Gasteiger partial charge in [0.05, 0.1) is 0 Å². The molecule has 1 unspecified atom stereocenters. The maximum atomic E-state index is 12.9. The largest absolute Gasteiger partial charge is 0.462 e. The van der Waals surface area contributed by atoms with Gasteiger partial charge in [0.1, 0.15) is 13.2 Å². The molecule has 0 aromatic heterocycles. The summed E-state index contributed by atoms with van der Waals surface area (Å²) in [7, 11) is 0. The van der Waals surface area contributed by atoms with Crippen LogP contribution in [-0.4, -0.2) is 37.2 Å². The average Bonchev–Trinajstić information content (AvgIpc) is 3.41. The zero-order chi connectivity index (χ0) is 54.3. The summed E-state index contributed by atoms with van der Waals surface area (Å²) in [5, 5.41) is 0. The average molecular weight is 1040 g/mol. The Morgan fingerprint density at radius 2 is 0.507 bits per heavy atom. The standard InChI is InChI=1S/C69H118O6/c1-4-7-10-13-16-19-22-25-27-29-31-33-34-36-37-39-41-44-47-50-53-56-59-62-68(71)74-65-66(64-73-67(70)61-58-55-52-49-46-43-24-21-18-15-12-9-6-3)75-69(72)63-60-57-54-51-48-45-42-40-38-35-32-30-28-26-23-20-17-14-11-8-5-2/h12,15,21-26,29-32,34,36,38,40,66H,4-11,13-14,16-20,27-28,33,35,37,39,41-65H2,1-3H3/b15-12-,24-21-,25-22-,26-23-,31-29-,32-30-,36-34-,40-38-. The van der Waals surface area contributed by atoms with Gasteiger partial charge < -0.3 is 14.2 Å². The zero-order valence-corrected chi connectivity index (χ0v) is 49.3. The molecule has 0 saturated carbocycles. The smallest absolute Gasteiger partial charge is 0.306 e. The van der Waals surface area contributed by atoms with Gasteiger partial charge in [-0.05, 0) is 122 Å². The number of unbranched alkanes of at least 4 members (excludes halogenated alkanes) is 30. The highest BCUT2D eigenvalue weighted by molar-refractivity contribution is 5.71. The van der Waals surface area contributed by atoms with E-state index in [0.29, 0.717) is 19.3 Å². The maximum absolute atomic E-state index is 12.9. The minimum atomic E-state index is -0.796. The van der Waals surface area contributed by atoms with Crippen molar-refractivity contribution in [3.05, 3.63) is 97.2 Å². The lowest BCUT2D eigenvalue weighted by molar-refractivity contribution is -0.167. The van der Waals surface area contributed by atoms with E-state index in [9.17, 15) is 14.4 Å². The molecule has 0 amide bonds. The van der Waals surface area contributed by atoms with Crippen molar-refractivity contribution in [1.29, 1.82) is 0 Å². The van der Waals surface area contributed by atoms with E-state index in [0.717, 1.165) is 135 Å². The van der Waals surface area contributed by atoms with Crippen LogP contribution in [0.3, 0.4) is 0 Å². The van der Waals surface area contributed by atoms with E-state index in [1.807, 2.05) is 0 Å². The number of carbonyl (C=O) groups excluding carboxylic acids is 3. The van der Waals surface area contributed by atoms with Crippen LogP contribution in [0.2, 0.25) is 0 Å². The molecular formula is C69H118O6. The Kier molecular flexibility index (Phi) is 59.8. The van der Waals surface area contributed by atoms with Crippen LogP contribution >= 0.6 is 0 Å². The Balaban J connectivity index is 4.39. The minimum absolute atomic E-state index is 0.0917. The summed E-state index contributed by atoms with van der Waals surface area (Å²) >= 11 is 0. The highest BCUT2D eigenvalue weighted by Crippen LogP contribution is 2.15. The zero-order valence-electron chi connectivity index (χ0n) is 49.3. The Morgan fingerprint density at radius 1 is 0.267 bits per heavy atom. The molecular weight excluding hydrogens is 925 g/mol. The first-order valence-corrected chi connectivity index (χ1v) is 31.7. The summed E-state index contributed by atoms with van der Waals surface area (Å²) in [5.74, 6) is -0.918. The van der Waals surface area contributed by atoms with Gasteiger partial charge in [0.25, 0.3) is 0 Å². The predicted octanol–water partition coefficient (Wildman–Crippen LogP) is 21.7. The number of carbonyl (C=O) groups is 3. The number of esters is 3. The van der Waals surface area contributed by atoms with Crippen LogP contribution in [0.4, 0.5) is 0 Å². The highest BCUT2D eigenvalue weighted by atomic mass is 16.6. The van der Waals surface area contributed by atoms with Crippen molar-refractivity contribution in [3.8, 4) is 0 Å². The van der Waals surface area contributed by atoms with Gasteiger partial charge in [-0.2, -0.15) is 0 Å². The number of hydrogen-bond donors (Lipinski definition) is 0. The summed E-state index contributed by atoms with van der Waals surface area (Å²) < 4.78 is 16.9. The number of ether oxygens (including phenoxy) is 3. The van der Waals surface area contributed by atoms with Crippen molar-refractivity contribution in [2.24, 2.45) is 0 Å². The third-order valence-electron chi connectivity index (χ3n) is 13.5. The second-order valence-corrected chi connectivity index (χ2v) is 21.0. The summed E-state index contributed by atoms with van der Waals surface area (Å²) in [5.41, 5.74) is 0. The third-order valence-corrected chi connectivity index (χ3v) is 13.5. The topological polar surface area (TPSA) is 78.9 Å². The minimum Gasteiger partial charge on any atom is -0.462 e. The molecule has 0 aromatic rings. The molecule has 6 nitrogen and oxygen atoms in total. The van der Waals surface area contributed by atoms with E-state index in [2.05, 4.69) is 118 Å². The van der Waals surface area contributed by atoms with Crippen LogP contribution in [0, 0.1) is 0 Å². The normalized spacial score (nSPS) is 12.7. The van der Waals surface area contributed by atoms with Gasteiger partial charge in [0.2, 0.25) is 0 Å². The maximum Gasteiger partial charge on any atom is 0.306 e. The van der Waals surface area contributed by atoms with E-state index in [1.54, 1.807) is 0 Å². The van der Waals surface area contributed by atoms with Crippen molar-refractivity contribution < 1.29 is 28.6 Å². The van der Waals surface area contributed by atoms with Gasteiger partial charge in [-0.15, -0.1) is 0 Å². The molecule has 430 valence electrons. The molecule has 0 spiro atoms. The van der Waals surface area contributed by atoms with Gasteiger partial charge >= 0.3 is 17.9 Å². The molecule has 0 saturated heterocycles. The summed E-state index contributed by atoms with van der Waals surface area (Å²) in [6.45, 7) is 6.54. The molecule has 1 atom stereocenters. The lowest BCUT2D eigenvalue weighted by Crippen LogP contribution is -2.30. The van der Waals surface area contributed by atoms with Gasteiger partial charge in [-0.1, -0.05) is 259 Å². The number of hydrogen-bond acceptors (Lipinski definition) is 6. The quantitative estimate of drug-likeness (QED) is 0.0261. The van der Waals surface area contributed by atoms with Gasteiger partial charge in [0, 0.05) is 19.3 Å². The van der Waals surface area contributed by atoms with E-state index >= 15 is 0 Å². The first-order chi connectivity index (χ1) is 37.0. The van der Waals surface area contributed by atoms with E-state index in [4.69, 9.17) is 14.2 Å². The Bertz CT molecular complexity index is 1480. The molecule has 0 aliphatic heterocycles. The molecule has 0 aromatic carbocycles. The van der Waals surface area contributed by atoms with Gasteiger partial charge in [-0.25, -0.2) is 0 Å². The third kappa shape index (κ3) is 61.1. The van der Waals surface area contributed by atoms with Gasteiger partial charge in [-0.3, -0.25) is 14.4 Å². The van der Waals surface area contributed by atoms with Crippen molar-refractivity contribution in [1.82, 2.24) is 0 Å². The monoisotopic (exact) mass is 1040 g/mol. The Morgan fingerprint density at radius 3 is 0.800 bits per heavy atom. The summed E-state index contributed by atoms with van der Waals surface area (Å²) in [6, 6.07) is 0. The van der Waals surface area contributed by atoms with E-state index in [1.165, 1.54) is 128 Å². The van der Waals surface area contributed by atoms with Gasteiger partial charge in [0.15, 0.2) is 6.10 Å². The van der Waals surface area contributed by atoms with Crippen LogP contribution in [0.5, 0.6) is 0 Å². The summed E-state index contributed by atoms with van der Waals surface area (Å²) in [4.78, 5) is 38.3. The Hall–Kier alpha value is -3.67. The number of rotatable bonds is 57. The first kappa shape index (κ1) is 71.3. The van der Waals surface area contributed by atoms with Crippen LogP contribution < -0.4 is 0 Å². The lowest BCUT2D eigenvalue weighted by Gasteiger charge is -2.18. The Labute approximate surface area is 464 Å². The van der Waals surface area contributed by atoms with Crippen molar-refractivity contribution in [2.75, 3.05) is 13.2 Å². The SMILES string of the molecule is CCC/C=C\C/C=C\CCCCCCCC(=O)OCC(COC(=O)CCCCCCCCCC/C=C\C/C=C\C/C=C\CCCCCCC)OC(=O)CCCCCCCC/C=C\C/C=C\C/C=C\CCCCCCC. The molecule has 0 heterocycles. The molecule has 0 aliphatic carbocycles. The van der Waals surface area contributed by atoms with Crippen molar-refractivity contribution >= 4 is 17.9 Å². The van der Waals surface area contributed by atoms with Crippen molar-refractivity contribution in [2.45, 2.75) is 309 Å². The van der Waals surface area contributed by atoms with E-state index < -0.39 is 6.10 Å². The molecule has 6 heteroatoms. The predicted molar refractivity (Wildman–Crippen MR) is 325 cm³/mol. The second-order valence-electron chi connectivity index (χ2n) is 21.0. The molecule has 0 rings (SSSR count). The fourth-order valence-corrected chi connectivity index (χ4v) is 8.73.